The minimum atomic E-state index is -2.94. The van der Waals surface area contributed by atoms with Gasteiger partial charge in [-0.15, -0.1) is 0 Å². The van der Waals surface area contributed by atoms with Crippen LogP contribution in [-0.4, -0.2) is 38.0 Å². The number of aromatic nitrogens is 3. The fraction of sp³-hybridized carbons (Fsp3) is 0.391. The Morgan fingerprint density at radius 1 is 1.31 bits per heavy atom. The highest BCUT2D eigenvalue weighted by molar-refractivity contribution is 5.85. The Balaban J connectivity index is 1.59. The average Bonchev–Trinajstić information content (AvgIpc) is 3.18. The van der Waals surface area contributed by atoms with Gasteiger partial charge in [0.15, 0.2) is 5.49 Å². The van der Waals surface area contributed by atoms with Gasteiger partial charge in [0.1, 0.15) is 11.7 Å². The zero-order chi connectivity index (χ0) is 22.6. The van der Waals surface area contributed by atoms with Crippen LogP contribution in [0.15, 0.2) is 35.6 Å². The van der Waals surface area contributed by atoms with Gasteiger partial charge in [-0.2, -0.15) is 4.99 Å². The molecule has 3 aliphatic heterocycles. The third-order valence-electron chi connectivity index (χ3n) is 6.14. The fourth-order valence-corrected chi connectivity index (χ4v) is 4.18. The summed E-state index contributed by atoms with van der Waals surface area (Å²) in [7, 11) is 0. The Labute approximate surface area is 183 Å². The molecule has 32 heavy (non-hydrogen) atoms. The van der Waals surface area contributed by atoms with E-state index >= 15 is 0 Å². The summed E-state index contributed by atoms with van der Waals surface area (Å²) < 4.78 is 28.4. The molecule has 2 unspecified atom stereocenters. The van der Waals surface area contributed by atoms with Crippen LogP contribution >= 0.6 is 0 Å². The summed E-state index contributed by atoms with van der Waals surface area (Å²) in [5.74, 6) is -4.19. The molecule has 4 heterocycles. The van der Waals surface area contributed by atoms with Crippen LogP contribution in [0.3, 0.4) is 0 Å². The maximum Gasteiger partial charge on any atom is 0.260 e. The van der Waals surface area contributed by atoms with Crippen molar-refractivity contribution in [1.82, 2.24) is 14.5 Å². The highest BCUT2D eigenvalue weighted by Crippen LogP contribution is 2.49. The second-order valence-electron chi connectivity index (χ2n) is 8.40. The van der Waals surface area contributed by atoms with Gasteiger partial charge in [0.05, 0.1) is 17.5 Å². The molecule has 7 nitrogen and oxygen atoms in total. The molecule has 1 saturated carbocycles. The number of hydrogen-bond donors (Lipinski definition) is 2. The lowest BCUT2D eigenvalue weighted by atomic mass is 9.98. The van der Waals surface area contributed by atoms with Crippen molar-refractivity contribution in [3.63, 3.8) is 0 Å². The summed E-state index contributed by atoms with van der Waals surface area (Å²) in [6, 6.07) is 5.56. The number of carbonyl (C=O) groups is 1. The van der Waals surface area contributed by atoms with Crippen LogP contribution < -0.4 is 10.8 Å². The molecule has 0 bridgehead atoms. The normalized spacial score (nSPS) is 20.2. The van der Waals surface area contributed by atoms with Crippen LogP contribution in [0.1, 0.15) is 37.1 Å². The fourth-order valence-electron chi connectivity index (χ4n) is 4.18. The second kappa shape index (κ2) is 7.44. The molecule has 5 rings (SSSR count). The molecule has 2 atom stereocenters. The van der Waals surface area contributed by atoms with Crippen LogP contribution in [0.25, 0.3) is 22.4 Å². The average molecular weight is 439 g/mol. The number of pyridine rings is 3. The van der Waals surface area contributed by atoms with Gasteiger partial charge in [0.2, 0.25) is 0 Å². The number of aryl methyl sites for hydroxylation is 1. The van der Waals surface area contributed by atoms with E-state index in [1.54, 1.807) is 18.5 Å². The molecule has 1 amide bonds. The number of alkyl halides is 2. The first kappa shape index (κ1) is 20.7. The lowest BCUT2D eigenvalue weighted by Crippen LogP contribution is -2.16. The van der Waals surface area contributed by atoms with E-state index < -0.39 is 30.3 Å². The number of hydrogen-bond acceptors (Lipinski definition) is 5. The quantitative estimate of drug-likeness (QED) is 0.651. The topological polar surface area (TPSA) is 92.4 Å². The van der Waals surface area contributed by atoms with Gasteiger partial charge in [-0.25, -0.2) is 13.8 Å². The highest BCUT2D eigenvalue weighted by atomic mass is 19.3. The number of halogens is 2. The molecule has 1 fully saturated rings. The first-order valence-corrected chi connectivity index (χ1v) is 10.7. The van der Waals surface area contributed by atoms with Crippen molar-refractivity contribution in [2.45, 2.75) is 45.3 Å². The van der Waals surface area contributed by atoms with Crippen molar-refractivity contribution in [2.24, 2.45) is 10.9 Å². The van der Waals surface area contributed by atoms with E-state index in [1.807, 2.05) is 26.0 Å². The molecule has 9 heteroatoms. The van der Waals surface area contributed by atoms with Gasteiger partial charge in [-0.3, -0.25) is 9.78 Å². The first-order valence-electron chi connectivity index (χ1n) is 10.7. The molecule has 0 aromatic carbocycles. The van der Waals surface area contributed by atoms with E-state index in [0.717, 1.165) is 40.3 Å². The SMILES string of the molecule is CCC(O)c1cc(C)c(-c2cc3cnc(=NC(=O)C4CC4(F)F)cc-3n3c2NCC3)cn1. The Morgan fingerprint density at radius 3 is 2.78 bits per heavy atom. The summed E-state index contributed by atoms with van der Waals surface area (Å²) in [5, 5.41) is 13.5. The van der Waals surface area contributed by atoms with Crippen molar-refractivity contribution >= 4 is 11.7 Å². The Bertz CT molecular complexity index is 1270. The molecule has 4 aliphatic rings. The van der Waals surface area contributed by atoms with Gasteiger partial charge in [-0.1, -0.05) is 6.92 Å². The van der Waals surface area contributed by atoms with Crippen molar-refractivity contribution in [3.05, 3.63) is 47.3 Å². The summed E-state index contributed by atoms with van der Waals surface area (Å²) in [5.41, 5.74) is 5.33. The van der Waals surface area contributed by atoms with E-state index in [1.165, 1.54) is 0 Å². The van der Waals surface area contributed by atoms with E-state index in [4.69, 9.17) is 0 Å². The molecule has 2 N–H and O–H groups in total. The molecular weight excluding hydrogens is 416 g/mol. The molecular formula is C23H23F2N5O2. The number of fused-ring (bicyclic) bond motifs is 3. The van der Waals surface area contributed by atoms with Gasteiger partial charge in [-0.05, 0) is 31.0 Å². The number of aliphatic hydroxyl groups is 1. The number of anilines is 1. The lowest BCUT2D eigenvalue weighted by Gasteiger charge is -2.19. The number of aliphatic hydroxyl groups excluding tert-OH is 1. The van der Waals surface area contributed by atoms with E-state index in [9.17, 15) is 18.7 Å². The molecule has 1 aromatic rings. The molecule has 1 aliphatic carbocycles. The maximum atomic E-state index is 13.2. The monoisotopic (exact) mass is 439 g/mol. The van der Waals surface area contributed by atoms with Gasteiger partial charge >= 0.3 is 0 Å². The zero-order valence-electron chi connectivity index (χ0n) is 17.8. The number of amides is 1. The van der Waals surface area contributed by atoms with Crippen molar-refractivity contribution in [3.8, 4) is 22.4 Å². The summed E-state index contributed by atoms with van der Waals surface area (Å²) in [4.78, 5) is 24.5. The predicted octanol–water partition coefficient (Wildman–Crippen LogP) is 3.31. The number of nitrogens with zero attached hydrogens (tertiary/aromatic N) is 4. The first-order chi connectivity index (χ1) is 15.3. The minimum absolute atomic E-state index is 0.135. The lowest BCUT2D eigenvalue weighted by molar-refractivity contribution is -0.121. The highest BCUT2D eigenvalue weighted by Gasteiger charge is 2.61. The molecule has 0 spiro atoms. The molecule has 166 valence electrons. The van der Waals surface area contributed by atoms with Crippen LogP contribution in [0.5, 0.6) is 0 Å². The third-order valence-corrected chi connectivity index (χ3v) is 6.14. The van der Waals surface area contributed by atoms with Crippen LogP contribution in [0.4, 0.5) is 14.6 Å². The van der Waals surface area contributed by atoms with Crippen LogP contribution in [0, 0.1) is 12.8 Å². The standard InChI is InChI=1S/C23H23F2N5O2/c1-3-19(31)17-6-12(2)15(11-27-17)14-7-13-10-28-20(29-22(32)16-9-23(16,24)25)8-18(13)30-5-4-26-21(14)30/h6-8,10-11,16,19,26,31H,3-5,9H2,1-2H3. The number of carbonyl (C=O) groups excluding carboxylic acids is 1. The molecule has 1 aromatic heterocycles. The Kier molecular flexibility index (Phi) is 4.81. The van der Waals surface area contributed by atoms with Gasteiger partial charge < -0.3 is 15.0 Å². The second-order valence-corrected chi connectivity index (χ2v) is 8.40. The van der Waals surface area contributed by atoms with Crippen molar-refractivity contribution in [2.75, 3.05) is 11.9 Å². The number of rotatable bonds is 4. The van der Waals surface area contributed by atoms with E-state index in [2.05, 4.69) is 24.8 Å². The largest absolute Gasteiger partial charge is 0.387 e. The van der Waals surface area contributed by atoms with Crippen LogP contribution in [0.2, 0.25) is 0 Å². The zero-order valence-corrected chi connectivity index (χ0v) is 17.8. The number of nitrogens with one attached hydrogen (secondary N) is 1. The smallest absolute Gasteiger partial charge is 0.260 e. The Morgan fingerprint density at radius 2 is 2.09 bits per heavy atom. The predicted molar refractivity (Wildman–Crippen MR) is 114 cm³/mol. The summed E-state index contributed by atoms with van der Waals surface area (Å²) in [6.45, 7) is 5.33. The molecule has 0 saturated heterocycles. The van der Waals surface area contributed by atoms with E-state index in [-0.39, 0.29) is 5.49 Å². The van der Waals surface area contributed by atoms with Crippen molar-refractivity contribution in [1.29, 1.82) is 0 Å². The summed E-state index contributed by atoms with van der Waals surface area (Å²) in [6.07, 6.45) is 2.94. The van der Waals surface area contributed by atoms with E-state index in [0.29, 0.717) is 18.7 Å². The van der Waals surface area contributed by atoms with Gasteiger partial charge in [0.25, 0.3) is 11.8 Å². The Hall–Kier alpha value is -3.20. The van der Waals surface area contributed by atoms with Crippen LogP contribution in [-0.2, 0) is 11.3 Å². The third kappa shape index (κ3) is 3.46. The maximum absolute atomic E-state index is 13.2. The van der Waals surface area contributed by atoms with Gasteiger partial charge in [0, 0.05) is 54.7 Å². The molecule has 0 radical (unpaired) electrons. The minimum Gasteiger partial charge on any atom is -0.387 e. The summed E-state index contributed by atoms with van der Waals surface area (Å²) >= 11 is 0. The van der Waals surface area contributed by atoms with Crippen molar-refractivity contribution < 1.29 is 18.7 Å².